The van der Waals surface area contributed by atoms with Crippen LogP contribution in [0.3, 0.4) is 0 Å². The molecule has 0 aliphatic carbocycles. The number of anilines is 1. The predicted octanol–water partition coefficient (Wildman–Crippen LogP) is 3.28. The minimum Gasteiger partial charge on any atom is -0.396 e. The van der Waals surface area contributed by atoms with Gasteiger partial charge in [0.05, 0.1) is 10.7 Å². The number of halogens is 5. The number of nitrogens with two attached hydrogens (primary N) is 1. The lowest BCUT2D eigenvalue weighted by molar-refractivity contribution is 0.587. The van der Waals surface area contributed by atoms with Crippen molar-refractivity contribution < 1.29 is 8.78 Å². The Bertz CT molecular complexity index is 277. The van der Waals surface area contributed by atoms with Crippen molar-refractivity contribution >= 4 is 41.3 Å². The number of hydrogen-bond acceptors (Lipinski definition) is 1. The van der Waals surface area contributed by atoms with Gasteiger partial charge in [-0.25, -0.2) is 8.78 Å². The molecular weight excluding hydrogens is 230 g/mol. The monoisotopic (exact) mass is 233 g/mol. The van der Waals surface area contributed by atoms with E-state index >= 15 is 0 Å². The minimum absolute atomic E-state index is 0. The molecule has 1 nitrogen and oxygen atoms in total. The van der Waals surface area contributed by atoms with E-state index in [-0.39, 0.29) is 23.1 Å². The molecule has 0 unspecified atom stereocenters. The van der Waals surface area contributed by atoms with E-state index in [1.165, 1.54) is 0 Å². The van der Waals surface area contributed by atoms with Crippen molar-refractivity contribution in [2.24, 2.45) is 0 Å². The molecule has 0 saturated heterocycles. The van der Waals surface area contributed by atoms with Crippen LogP contribution in [0.2, 0.25) is 10.0 Å². The first kappa shape index (κ1) is 11.8. The third-order valence-corrected chi connectivity index (χ3v) is 1.74. The van der Waals surface area contributed by atoms with Gasteiger partial charge >= 0.3 is 0 Å². The van der Waals surface area contributed by atoms with Crippen molar-refractivity contribution in [3.8, 4) is 0 Å². The van der Waals surface area contributed by atoms with E-state index < -0.39 is 16.7 Å². The molecule has 0 amide bonds. The van der Waals surface area contributed by atoms with E-state index in [9.17, 15) is 8.78 Å². The average molecular weight is 234 g/mol. The van der Waals surface area contributed by atoms with Crippen molar-refractivity contribution in [2.75, 3.05) is 5.73 Å². The highest BCUT2D eigenvalue weighted by Gasteiger charge is 2.13. The maximum atomic E-state index is 12.6. The summed E-state index contributed by atoms with van der Waals surface area (Å²) in [4.78, 5) is 0. The van der Waals surface area contributed by atoms with Crippen LogP contribution in [-0.4, -0.2) is 0 Å². The lowest BCUT2D eigenvalue weighted by Gasteiger charge is -2.01. The number of benzene rings is 1. The van der Waals surface area contributed by atoms with Gasteiger partial charge in [-0.2, -0.15) is 0 Å². The van der Waals surface area contributed by atoms with Crippen LogP contribution in [-0.2, 0) is 0 Å². The van der Waals surface area contributed by atoms with E-state index in [0.29, 0.717) is 0 Å². The van der Waals surface area contributed by atoms with Crippen LogP contribution < -0.4 is 5.73 Å². The van der Waals surface area contributed by atoms with Crippen LogP contribution in [0.1, 0.15) is 0 Å². The van der Waals surface area contributed by atoms with Gasteiger partial charge in [0.25, 0.3) is 0 Å². The molecule has 0 aliphatic heterocycles. The molecule has 1 aromatic rings. The highest BCUT2D eigenvalue weighted by molar-refractivity contribution is 6.35. The van der Waals surface area contributed by atoms with Gasteiger partial charge in [-0.1, -0.05) is 23.2 Å². The van der Waals surface area contributed by atoms with Crippen molar-refractivity contribution in [3.63, 3.8) is 0 Å². The standard InChI is InChI=1S/C6H3Cl2F2N.ClH/c7-2-1-3(11)6(10)4(8)5(2)9;/h1H,11H2;1H. The van der Waals surface area contributed by atoms with E-state index in [0.717, 1.165) is 6.07 Å². The number of nitrogen functional groups attached to an aromatic ring is 1. The van der Waals surface area contributed by atoms with Crippen molar-refractivity contribution in [1.82, 2.24) is 0 Å². The molecule has 0 atom stereocenters. The maximum absolute atomic E-state index is 12.6. The van der Waals surface area contributed by atoms with Crippen molar-refractivity contribution in [2.45, 2.75) is 0 Å². The van der Waals surface area contributed by atoms with Gasteiger partial charge in [-0.05, 0) is 6.07 Å². The molecule has 0 saturated carbocycles. The van der Waals surface area contributed by atoms with Gasteiger partial charge < -0.3 is 5.73 Å². The van der Waals surface area contributed by atoms with Gasteiger partial charge in [0.15, 0.2) is 11.6 Å². The fourth-order valence-corrected chi connectivity index (χ4v) is 1.06. The summed E-state index contributed by atoms with van der Waals surface area (Å²) in [7, 11) is 0. The first-order valence-electron chi connectivity index (χ1n) is 2.62. The molecule has 0 aromatic heterocycles. The van der Waals surface area contributed by atoms with E-state index in [4.69, 9.17) is 28.9 Å². The van der Waals surface area contributed by atoms with Crippen LogP contribution in [0.25, 0.3) is 0 Å². The molecule has 2 N–H and O–H groups in total. The second-order valence-corrected chi connectivity index (χ2v) is 2.67. The van der Waals surface area contributed by atoms with E-state index in [1.54, 1.807) is 0 Å². The number of rotatable bonds is 0. The normalized spacial score (nSPS) is 9.33. The summed E-state index contributed by atoms with van der Waals surface area (Å²) in [5.41, 5.74) is 4.82. The van der Waals surface area contributed by atoms with Crippen LogP contribution in [0.4, 0.5) is 14.5 Å². The van der Waals surface area contributed by atoms with E-state index in [2.05, 4.69) is 0 Å². The van der Waals surface area contributed by atoms with Crippen LogP contribution in [0.5, 0.6) is 0 Å². The van der Waals surface area contributed by atoms with Gasteiger partial charge in [0.2, 0.25) is 0 Å². The quantitative estimate of drug-likeness (QED) is 0.416. The molecule has 0 heterocycles. The molecule has 0 radical (unpaired) electrons. The largest absolute Gasteiger partial charge is 0.396 e. The van der Waals surface area contributed by atoms with Crippen molar-refractivity contribution in [1.29, 1.82) is 0 Å². The second kappa shape index (κ2) is 4.12. The molecule has 6 heteroatoms. The highest BCUT2D eigenvalue weighted by Crippen LogP contribution is 2.29. The Morgan fingerprint density at radius 3 is 2.17 bits per heavy atom. The molecule has 0 spiro atoms. The lowest BCUT2D eigenvalue weighted by atomic mass is 10.3. The summed E-state index contributed by atoms with van der Waals surface area (Å²) in [6.45, 7) is 0. The fourth-order valence-electron chi connectivity index (χ4n) is 0.591. The third kappa shape index (κ3) is 1.91. The minimum atomic E-state index is -0.986. The zero-order valence-corrected chi connectivity index (χ0v) is 7.90. The maximum Gasteiger partial charge on any atom is 0.167 e. The molecule has 0 fully saturated rings. The zero-order chi connectivity index (χ0) is 8.59. The van der Waals surface area contributed by atoms with Gasteiger partial charge in [-0.3, -0.25) is 0 Å². The summed E-state index contributed by atoms with van der Waals surface area (Å²) >= 11 is 10.5. The smallest absolute Gasteiger partial charge is 0.167 e. The lowest BCUT2D eigenvalue weighted by Crippen LogP contribution is -1.94. The average Bonchev–Trinajstić information content (AvgIpc) is 1.97. The SMILES string of the molecule is Cl.Nc1cc(Cl)c(F)c(Cl)c1F. The van der Waals surface area contributed by atoms with Gasteiger partial charge in [-0.15, -0.1) is 12.4 Å². The van der Waals surface area contributed by atoms with Gasteiger partial charge in [0, 0.05) is 0 Å². The zero-order valence-electron chi connectivity index (χ0n) is 5.57. The Morgan fingerprint density at radius 1 is 1.17 bits per heavy atom. The van der Waals surface area contributed by atoms with E-state index in [1.807, 2.05) is 0 Å². The Balaban J connectivity index is 0.00000121. The second-order valence-electron chi connectivity index (χ2n) is 1.89. The van der Waals surface area contributed by atoms with Crippen LogP contribution >= 0.6 is 35.6 Å². The summed E-state index contributed by atoms with van der Waals surface area (Å²) in [6, 6.07) is 0.970. The van der Waals surface area contributed by atoms with Crippen molar-refractivity contribution in [3.05, 3.63) is 27.7 Å². The fraction of sp³-hybridized carbons (Fsp3) is 0. The summed E-state index contributed by atoms with van der Waals surface area (Å²) in [6.07, 6.45) is 0. The predicted molar refractivity (Wildman–Crippen MR) is 48.0 cm³/mol. The first-order valence-corrected chi connectivity index (χ1v) is 3.38. The Morgan fingerprint density at radius 2 is 1.67 bits per heavy atom. The highest BCUT2D eigenvalue weighted by atomic mass is 35.5. The topological polar surface area (TPSA) is 26.0 Å². The van der Waals surface area contributed by atoms with Crippen LogP contribution in [0, 0.1) is 11.6 Å². The summed E-state index contributed by atoms with van der Waals surface area (Å²) in [5.74, 6) is -1.96. The molecule has 0 bridgehead atoms. The third-order valence-electron chi connectivity index (χ3n) is 1.13. The summed E-state index contributed by atoms with van der Waals surface area (Å²) < 4.78 is 25.2. The summed E-state index contributed by atoms with van der Waals surface area (Å²) in [5, 5.41) is -0.955. The molecule has 1 rings (SSSR count). The molecule has 1 aromatic carbocycles. The van der Waals surface area contributed by atoms with Gasteiger partial charge in [0.1, 0.15) is 5.02 Å². The van der Waals surface area contributed by atoms with Crippen LogP contribution in [0.15, 0.2) is 6.07 Å². The molecule has 0 aliphatic rings. The number of hydrogen-bond donors (Lipinski definition) is 1. The first-order chi connectivity index (χ1) is 5.04. The Kier molecular flexibility index (Phi) is 4.03. The Labute approximate surface area is 83.9 Å². The Hall–Kier alpha value is -0.250. The molecule has 68 valence electrons. The molecule has 12 heavy (non-hydrogen) atoms. The molecular formula is C6H4Cl3F2N.